The summed E-state index contributed by atoms with van der Waals surface area (Å²) in [5.41, 5.74) is 2.25. The molecule has 2 atom stereocenters. The minimum atomic E-state index is 0.340. The molecule has 19 heavy (non-hydrogen) atoms. The number of imidazole rings is 1. The highest BCUT2D eigenvalue weighted by atomic mass is 16.5. The van der Waals surface area contributed by atoms with Crippen LogP contribution >= 0.6 is 0 Å². The number of hydrogen-bond donors (Lipinski definition) is 1. The summed E-state index contributed by atoms with van der Waals surface area (Å²) in [6, 6.07) is 9.11. The van der Waals surface area contributed by atoms with Crippen molar-refractivity contribution in [1.82, 2.24) is 14.9 Å². The van der Waals surface area contributed by atoms with Crippen LogP contribution in [0, 0.1) is 0 Å². The quantitative estimate of drug-likeness (QED) is 0.916. The summed E-state index contributed by atoms with van der Waals surface area (Å²) in [6.45, 7) is 4.88. The summed E-state index contributed by atoms with van der Waals surface area (Å²) >= 11 is 0. The van der Waals surface area contributed by atoms with Crippen molar-refractivity contribution in [3.8, 4) is 0 Å². The lowest BCUT2D eigenvalue weighted by atomic mass is 10.0. The average Bonchev–Trinajstić information content (AvgIpc) is 2.89. The fourth-order valence-corrected chi connectivity index (χ4v) is 2.81. The molecular formula is C15H21N3O. The van der Waals surface area contributed by atoms with Gasteiger partial charge >= 0.3 is 0 Å². The van der Waals surface area contributed by atoms with E-state index in [1.807, 2.05) is 12.4 Å². The Morgan fingerprint density at radius 3 is 3.21 bits per heavy atom. The molecule has 0 radical (unpaired) electrons. The fraction of sp³-hybridized carbons (Fsp3) is 0.533. The Labute approximate surface area is 113 Å². The molecule has 1 aromatic heterocycles. The maximum Gasteiger partial charge on any atom is 0.0962 e. The van der Waals surface area contributed by atoms with E-state index in [-0.39, 0.29) is 0 Å². The standard InChI is InChI=1S/C15H21N3O/c1-2-8-16-13-7-9-19-10-15(13)18-11-17-12-5-3-4-6-14(12)18/h3-6,11,13,15-16H,2,7-10H2,1H3. The lowest BCUT2D eigenvalue weighted by Gasteiger charge is -2.33. The van der Waals surface area contributed by atoms with Gasteiger partial charge in [-0.3, -0.25) is 0 Å². The SMILES string of the molecule is CCCNC1CCOCC1n1cnc2ccccc21. The third-order valence-electron chi connectivity index (χ3n) is 3.82. The van der Waals surface area contributed by atoms with Gasteiger partial charge in [0, 0.05) is 12.6 Å². The molecule has 1 N–H and O–H groups in total. The Kier molecular flexibility index (Phi) is 3.80. The molecule has 0 spiro atoms. The van der Waals surface area contributed by atoms with Crippen LogP contribution in [0.2, 0.25) is 0 Å². The predicted octanol–water partition coefficient (Wildman–Crippen LogP) is 2.37. The Morgan fingerprint density at radius 2 is 2.32 bits per heavy atom. The minimum Gasteiger partial charge on any atom is -0.379 e. The zero-order chi connectivity index (χ0) is 13.1. The number of para-hydroxylation sites is 2. The van der Waals surface area contributed by atoms with Gasteiger partial charge in [-0.1, -0.05) is 19.1 Å². The molecule has 1 aliphatic heterocycles. The Balaban J connectivity index is 1.89. The van der Waals surface area contributed by atoms with Crippen molar-refractivity contribution in [3.63, 3.8) is 0 Å². The van der Waals surface area contributed by atoms with Crippen molar-refractivity contribution in [2.45, 2.75) is 31.8 Å². The first-order valence-corrected chi connectivity index (χ1v) is 7.13. The molecule has 0 aliphatic carbocycles. The molecule has 1 aromatic carbocycles. The topological polar surface area (TPSA) is 39.1 Å². The second kappa shape index (κ2) is 5.72. The van der Waals surface area contributed by atoms with Crippen LogP contribution < -0.4 is 5.32 Å². The fourth-order valence-electron chi connectivity index (χ4n) is 2.81. The smallest absolute Gasteiger partial charge is 0.0962 e. The Bertz CT molecular complexity index is 537. The zero-order valence-corrected chi connectivity index (χ0v) is 11.4. The van der Waals surface area contributed by atoms with Gasteiger partial charge in [0.2, 0.25) is 0 Å². The summed E-state index contributed by atoms with van der Waals surface area (Å²) in [5.74, 6) is 0. The van der Waals surface area contributed by atoms with Crippen LogP contribution in [0.25, 0.3) is 11.0 Å². The van der Waals surface area contributed by atoms with E-state index >= 15 is 0 Å². The van der Waals surface area contributed by atoms with Crippen molar-refractivity contribution in [1.29, 1.82) is 0 Å². The number of hydrogen-bond acceptors (Lipinski definition) is 3. The summed E-state index contributed by atoms with van der Waals surface area (Å²) in [5, 5.41) is 3.65. The first-order chi connectivity index (χ1) is 9.40. The highest BCUT2D eigenvalue weighted by Gasteiger charge is 2.27. The molecule has 2 aromatic rings. The molecule has 3 rings (SSSR count). The van der Waals surface area contributed by atoms with Gasteiger partial charge in [0.05, 0.1) is 30.0 Å². The molecule has 2 heterocycles. The van der Waals surface area contributed by atoms with E-state index in [2.05, 4.69) is 40.0 Å². The third kappa shape index (κ3) is 2.51. The number of nitrogens with zero attached hydrogens (tertiary/aromatic N) is 2. The first kappa shape index (κ1) is 12.6. The van der Waals surface area contributed by atoms with Gasteiger partial charge in [0.25, 0.3) is 0 Å². The van der Waals surface area contributed by atoms with E-state index < -0.39 is 0 Å². The van der Waals surface area contributed by atoms with Gasteiger partial charge in [-0.15, -0.1) is 0 Å². The third-order valence-corrected chi connectivity index (χ3v) is 3.82. The van der Waals surface area contributed by atoms with Crippen LogP contribution in [-0.4, -0.2) is 35.4 Å². The van der Waals surface area contributed by atoms with Crippen LogP contribution in [0.3, 0.4) is 0 Å². The molecule has 1 fully saturated rings. The van der Waals surface area contributed by atoms with Gasteiger partial charge in [0.1, 0.15) is 0 Å². The number of nitrogens with one attached hydrogen (secondary N) is 1. The van der Waals surface area contributed by atoms with Gasteiger partial charge in [-0.05, 0) is 31.5 Å². The second-order valence-corrected chi connectivity index (χ2v) is 5.13. The first-order valence-electron chi connectivity index (χ1n) is 7.13. The van der Waals surface area contributed by atoms with Crippen LogP contribution in [0.5, 0.6) is 0 Å². The van der Waals surface area contributed by atoms with E-state index in [1.54, 1.807) is 0 Å². The van der Waals surface area contributed by atoms with Gasteiger partial charge in [0.15, 0.2) is 0 Å². The molecule has 4 heteroatoms. The van der Waals surface area contributed by atoms with E-state index in [9.17, 15) is 0 Å². The summed E-state index contributed by atoms with van der Waals surface area (Å²) in [6.07, 6.45) is 4.18. The molecule has 0 bridgehead atoms. The Hall–Kier alpha value is -1.39. The predicted molar refractivity (Wildman–Crippen MR) is 76.3 cm³/mol. The molecule has 1 aliphatic rings. The molecule has 2 unspecified atom stereocenters. The molecule has 102 valence electrons. The van der Waals surface area contributed by atoms with Gasteiger partial charge < -0.3 is 14.6 Å². The van der Waals surface area contributed by atoms with Crippen molar-refractivity contribution in [3.05, 3.63) is 30.6 Å². The largest absolute Gasteiger partial charge is 0.379 e. The average molecular weight is 259 g/mol. The highest BCUT2D eigenvalue weighted by molar-refractivity contribution is 5.75. The van der Waals surface area contributed by atoms with Crippen molar-refractivity contribution >= 4 is 11.0 Å². The van der Waals surface area contributed by atoms with Crippen molar-refractivity contribution < 1.29 is 4.74 Å². The number of rotatable bonds is 4. The Morgan fingerprint density at radius 1 is 1.42 bits per heavy atom. The summed E-state index contributed by atoms with van der Waals surface area (Å²) < 4.78 is 7.94. The molecule has 1 saturated heterocycles. The van der Waals surface area contributed by atoms with Gasteiger partial charge in [-0.2, -0.15) is 0 Å². The number of fused-ring (bicyclic) bond motifs is 1. The summed E-state index contributed by atoms with van der Waals surface area (Å²) in [4.78, 5) is 4.49. The van der Waals surface area contributed by atoms with Gasteiger partial charge in [-0.25, -0.2) is 4.98 Å². The maximum absolute atomic E-state index is 5.68. The van der Waals surface area contributed by atoms with Crippen LogP contribution in [0.15, 0.2) is 30.6 Å². The number of ether oxygens (including phenoxy) is 1. The normalized spacial score (nSPS) is 23.8. The molecule has 0 saturated carbocycles. The van der Waals surface area contributed by atoms with E-state index in [0.717, 1.165) is 38.1 Å². The summed E-state index contributed by atoms with van der Waals surface area (Å²) in [7, 11) is 0. The van der Waals surface area contributed by atoms with E-state index in [4.69, 9.17) is 4.74 Å². The minimum absolute atomic E-state index is 0.340. The van der Waals surface area contributed by atoms with Crippen molar-refractivity contribution in [2.24, 2.45) is 0 Å². The highest BCUT2D eigenvalue weighted by Crippen LogP contribution is 2.24. The molecule has 4 nitrogen and oxygen atoms in total. The van der Waals surface area contributed by atoms with E-state index in [1.165, 1.54) is 5.52 Å². The van der Waals surface area contributed by atoms with Crippen LogP contribution in [0.1, 0.15) is 25.8 Å². The lowest BCUT2D eigenvalue weighted by Crippen LogP contribution is -2.44. The molecular weight excluding hydrogens is 238 g/mol. The monoisotopic (exact) mass is 259 g/mol. The van der Waals surface area contributed by atoms with Crippen LogP contribution in [0.4, 0.5) is 0 Å². The number of aromatic nitrogens is 2. The zero-order valence-electron chi connectivity index (χ0n) is 11.4. The molecule has 0 amide bonds. The van der Waals surface area contributed by atoms with E-state index in [0.29, 0.717) is 12.1 Å². The van der Waals surface area contributed by atoms with Crippen LogP contribution in [-0.2, 0) is 4.74 Å². The number of benzene rings is 1. The lowest BCUT2D eigenvalue weighted by molar-refractivity contribution is 0.0384. The van der Waals surface area contributed by atoms with Crippen molar-refractivity contribution in [2.75, 3.05) is 19.8 Å². The second-order valence-electron chi connectivity index (χ2n) is 5.13. The maximum atomic E-state index is 5.68.